The van der Waals surface area contributed by atoms with Crippen LogP contribution in [0.25, 0.3) is 0 Å². The van der Waals surface area contributed by atoms with Crippen LogP contribution in [0, 0.1) is 17.8 Å². The summed E-state index contributed by atoms with van der Waals surface area (Å²) in [6.45, 7) is 6.91. The first-order chi connectivity index (χ1) is 5.66. The molecule has 0 aliphatic heterocycles. The van der Waals surface area contributed by atoms with Crippen molar-refractivity contribution in [2.75, 3.05) is 0 Å². The van der Waals surface area contributed by atoms with E-state index in [2.05, 4.69) is 20.8 Å². The predicted octanol–water partition coefficient (Wildman–Crippen LogP) is 2.80. The van der Waals surface area contributed by atoms with Gasteiger partial charge in [-0.25, -0.2) is 0 Å². The van der Waals surface area contributed by atoms with E-state index in [0.29, 0.717) is 6.04 Å². The molecule has 1 aliphatic carbocycles. The number of nitrogens with two attached hydrogens (primary N) is 1. The van der Waals surface area contributed by atoms with E-state index in [9.17, 15) is 0 Å². The Labute approximate surface area is 76.7 Å². The lowest BCUT2D eigenvalue weighted by Crippen LogP contribution is -2.30. The van der Waals surface area contributed by atoms with E-state index in [1.165, 1.54) is 25.7 Å². The van der Waals surface area contributed by atoms with Gasteiger partial charge in [-0.15, -0.1) is 0 Å². The molecule has 0 amide bonds. The highest BCUT2D eigenvalue weighted by Gasteiger charge is 2.34. The van der Waals surface area contributed by atoms with Crippen molar-refractivity contribution in [1.29, 1.82) is 0 Å². The second-order valence-corrected chi connectivity index (χ2v) is 4.55. The lowest BCUT2D eigenvalue weighted by atomic mass is 9.94. The monoisotopic (exact) mass is 169 g/mol. The Hall–Kier alpha value is -0.0400. The summed E-state index contributed by atoms with van der Waals surface area (Å²) in [4.78, 5) is 0. The summed E-state index contributed by atoms with van der Waals surface area (Å²) in [6, 6.07) is 0.478. The van der Waals surface area contributed by atoms with Gasteiger partial charge in [-0.2, -0.15) is 0 Å². The van der Waals surface area contributed by atoms with Crippen molar-refractivity contribution in [2.45, 2.75) is 52.5 Å². The molecular formula is C11H23N. The molecule has 2 N–H and O–H groups in total. The van der Waals surface area contributed by atoms with E-state index in [4.69, 9.17) is 5.73 Å². The first-order valence-corrected chi connectivity index (χ1v) is 5.42. The third kappa shape index (κ3) is 2.01. The van der Waals surface area contributed by atoms with Gasteiger partial charge in [0.1, 0.15) is 0 Å². The Bertz CT molecular complexity index is 133. The molecule has 0 aromatic rings. The number of hydrogen-bond donors (Lipinski definition) is 1. The van der Waals surface area contributed by atoms with Gasteiger partial charge in [0.25, 0.3) is 0 Å². The first-order valence-electron chi connectivity index (χ1n) is 5.42. The number of unbranched alkanes of at least 4 members (excludes halogenated alkanes) is 1. The summed E-state index contributed by atoms with van der Waals surface area (Å²) in [5.74, 6) is 2.41. The van der Waals surface area contributed by atoms with Crippen LogP contribution in [0.5, 0.6) is 0 Å². The maximum absolute atomic E-state index is 6.15. The lowest BCUT2D eigenvalue weighted by Gasteiger charge is -2.17. The fraction of sp³-hybridized carbons (Fsp3) is 1.00. The lowest BCUT2D eigenvalue weighted by molar-refractivity contribution is 0.387. The van der Waals surface area contributed by atoms with Crippen LogP contribution in [-0.2, 0) is 0 Å². The van der Waals surface area contributed by atoms with Crippen molar-refractivity contribution < 1.29 is 0 Å². The van der Waals surface area contributed by atoms with Crippen molar-refractivity contribution in [3.63, 3.8) is 0 Å². The minimum absolute atomic E-state index is 0.478. The molecule has 72 valence electrons. The zero-order valence-corrected chi connectivity index (χ0v) is 8.72. The summed E-state index contributed by atoms with van der Waals surface area (Å²) < 4.78 is 0. The molecule has 1 heteroatoms. The van der Waals surface area contributed by atoms with Gasteiger partial charge in [-0.1, -0.05) is 33.6 Å². The summed E-state index contributed by atoms with van der Waals surface area (Å²) in [7, 11) is 0. The molecule has 0 aromatic heterocycles. The van der Waals surface area contributed by atoms with Crippen molar-refractivity contribution >= 4 is 0 Å². The summed E-state index contributed by atoms with van der Waals surface area (Å²) in [6.07, 6.45) is 5.39. The smallest absolute Gasteiger partial charge is 0.00956 e. The Kier molecular flexibility index (Phi) is 3.57. The van der Waals surface area contributed by atoms with Crippen LogP contribution in [0.2, 0.25) is 0 Å². The summed E-state index contributed by atoms with van der Waals surface area (Å²) in [5, 5.41) is 0. The maximum Gasteiger partial charge on any atom is 0.00956 e. The SMILES string of the molecule is CCCCC1CC(C)C(C)C1N. The fourth-order valence-corrected chi connectivity index (χ4v) is 2.43. The fourth-order valence-electron chi connectivity index (χ4n) is 2.43. The van der Waals surface area contributed by atoms with E-state index in [1.54, 1.807) is 0 Å². The van der Waals surface area contributed by atoms with Gasteiger partial charge in [-0.05, 0) is 30.6 Å². The van der Waals surface area contributed by atoms with Crippen molar-refractivity contribution in [3.05, 3.63) is 0 Å². The van der Waals surface area contributed by atoms with Crippen molar-refractivity contribution in [3.8, 4) is 0 Å². The van der Waals surface area contributed by atoms with Gasteiger partial charge in [0.05, 0.1) is 0 Å². The molecule has 0 heterocycles. The molecule has 1 nitrogen and oxygen atoms in total. The third-order valence-electron chi connectivity index (χ3n) is 3.65. The highest BCUT2D eigenvalue weighted by atomic mass is 14.7. The number of hydrogen-bond acceptors (Lipinski definition) is 1. The highest BCUT2D eigenvalue weighted by molar-refractivity contribution is 4.89. The quantitative estimate of drug-likeness (QED) is 0.690. The second kappa shape index (κ2) is 4.27. The van der Waals surface area contributed by atoms with Crippen molar-refractivity contribution in [2.24, 2.45) is 23.5 Å². The summed E-state index contributed by atoms with van der Waals surface area (Å²) in [5.41, 5.74) is 6.15. The molecule has 1 aliphatic rings. The molecule has 4 unspecified atom stereocenters. The van der Waals surface area contributed by atoms with Crippen LogP contribution in [-0.4, -0.2) is 6.04 Å². The zero-order chi connectivity index (χ0) is 9.14. The van der Waals surface area contributed by atoms with Gasteiger partial charge in [0.15, 0.2) is 0 Å². The average Bonchev–Trinajstić information content (AvgIpc) is 2.30. The molecule has 1 rings (SSSR count). The Morgan fingerprint density at radius 2 is 2.00 bits per heavy atom. The molecule has 1 fully saturated rings. The van der Waals surface area contributed by atoms with Gasteiger partial charge in [0, 0.05) is 6.04 Å². The Morgan fingerprint density at radius 1 is 1.33 bits per heavy atom. The maximum atomic E-state index is 6.15. The molecule has 0 spiro atoms. The number of rotatable bonds is 3. The van der Waals surface area contributed by atoms with Crippen LogP contribution in [0.1, 0.15) is 46.5 Å². The molecule has 1 saturated carbocycles. The molecule has 0 saturated heterocycles. The largest absolute Gasteiger partial charge is 0.327 e. The normalized spacial score (nSPS) is 42.0. The summed E-state index contributed by atoms with van der Waals surface area (Å²) >= 11 is 0. The van der Waals surface area contributed by atoms with Gasteiger partial charge in [0.2, 0.25) is 0 Å². The second-order valence-electron chi connectivity index (χ2n) is 4.55. The van der Waals surface area contributed by atoms with Crippen LogP contribution in [0.4, 0.5) is 0 Å². The van der Waals surface area contributed by atoms with E-state index in [1.807, 2.05) is 0 Å². The minimum atomic E-state index is 0.478. The molecular weight excluding hydrogens is 146 g/mol. The van der Waals surface area contributed by atoms with E-state index < -0.39 is 0 Å². The average molecular weight is 169 g/mol. The zero-order valence-electron chi connectivity index (χ0n) is 8.72. The molecule has 0 radical (unpaired) electrons. The van der Waals surface area contributed by atoms with Gasteiger partial charge in [-0.3, -0.25) is 0 Å². The highest BCUT2D eigenvalue weighted by Crippen LogP contribution is 2.37. The van der Waals surface area contributed by atoms with Gasteiger partial charge >= 0.3 is 0 Å². The van der Waals surface area contributed by atoms with Crippen LogP contribution in [0.15, 0.2) is 0 Å². The molecule has 0 bridgehead atoms. The van der Waals surface area contributed by atoms with Crippen LogP contribution < -0.4 is 5.73 Å². The van der Waals surface area contributed by atoms with E-state index >= 15 is 0 Å². The topological polar surface area (TPSA) is 26.0 Å². The molecule has 12 heavy (non-hydrogen) atoms. The van der Waals surface area contributed by atoms with E-state index in [-0.39, 0.29) is 0 Å². The Balaban J connectivity index is 2.36. The van der Waals surface area contributed by atoms with Crippen LogP contribution >= 0.6 is 0 Å². The Morgan fingerprint density at radius 3 is 2.42 bits per heavy atom. The van der Waals surface area contributed by atoms with Crippen LogP contribution in [0.3, 0.4) is 0 Å². The minimum Gasteiger partial charge on any atom is -0.327 e. The molecule has 4 atom stereocenters. The molecule has 0 aromatic carbocycles. The first kappa shape index (κ1) is 10.0. The van der Waals surface area contributed by atoms with Crippen molar-refractivity contribution in [1.82, 2.24) is 0 Å². The van der Waals surface area contributed by atoms with E-state index in [0.717, 1.165) is 17.8 Å². The standard InChI is InChI=1S/C11H23N/c1-4-5-6-10-7-8(2)9(3)11(10)12/h8-11H,4-7,12H2,1-3H3. The predicted molar refractivity (Wildman–Crippen MR) is 53.9 cm³/mol. The van der Waals surface area contributed by atoms with Gasteiger partial charge < -0.3 is 5.73 Å². The third-order valence-corrected chi connectivity index (χ3v) is 3.65.